The van der Waals surface area contributed by atoms with Crippen molar-refractivity contribution in [3.8, 4) is 11.5 Å². The molecule has 5 nitrogen and oxygen atoms in total. The number of fused-ring (bicyclic) bond motifs is 2. The number of anilines is 3. The number of amides is 1. The molecule has 4 aromatic rings. The van der Waals surface area contributed by atoms with E-state index in [-0.39, 0.29) is 5.91 Å². The SMILES string of the molecule is Cc1cc(OCc2ccccc2)cc2c1Nc1c(OCc3ccccc3)cccc1C(=O)N2. The molecule has 0 fully saturated rings. The minimum absolute atomic E-state index is 0.193. The summed E-state index contributed by atoms with van der Waals surface area (Å²) >= 11 is 0. The predicted octanol–water partition coefficient (Wildman–Crippen LogP) is 6.46. The maximum absolute atomic E-state index is 13.0. The number of carbonyl (C=O) groups excluding carboxylic acids is 1. The maximum atomic E-state index is 13.0. The number of carbonyl (C=O) groups is 1. The molecular formula is C28H24N2O3. The Morgan fingerprint density at radius 2 is 1.36 bits per heavy atom. The van der Waals surface area contributed by atoms with E-state index in [4.69, 9.17) is 9.47 Å². The highest BCUT2D eigenvalue weighted by atomic mass is 16.5. The number of aryl methyl sites for hydroxylation is 1. The van der Waals surface area contributed by atoms with Crippen LogP contribution in [-0.2, 0) is 13.2 Å². The molecule has 0 saturated heterocycles. The van der Waals surface area contributed by atoms with Gasteiger partial charge >= 0.3 is 0 Å². The summed E-state index contributed by atoms with van der Waals surface area (Å²) in [4.78, 5) is 13.0. The molecule has 4 aromatic carbocycles. The van der Waals surface area contributed by atoms with Crippen molar-refractivity contribution in [3.05, 3.63) is 113 Å². The van der Waals surface area contributed by atoms with Gasteiger partial charge in [0.25, 0.3) is 5.91 Å². The number of ether oxygens (including phenoxy) is 2. The lowest BCUT2D eigenvalue weighted by Gasteiger charge is -2.17. The van der Waals surface area contributed by atoms with Gasteiger partial charge < -0.3 is 20.1 Å². The topological polar surface area (TPSA) is 59.6 Å². The van der Waals surface area contributed by atoms with Crippen molar-refractivity contribution in [3.63, 3.8) is 0 Å². The fraction of sp³-hybridized carbons (Fsp3) is 0.107. The average molecular weight is 437 g/mol. The third-order valence-electron chi connectivity index (χ3n) is 5.56. The van der Waals surface area contributed by atoms with Crippen molar-refractivity contribution in [2.45, 2.75) is 20.1 Å². The smallest absolute Gasteiger partial charge is 0.257 e. The summed E-state index contributed by atoms with van der Waals surface area (Å²) in [6, 6.07) is 29.3. The van der Waals surface area contributed by atoms with Crippen molar-refractivity contribution in [1.82, 2.24) is 0 Å². The molecule has 0 bridgehead atoms. The van der Waals surface area contributed by atoms with Crippen LogP contribution < -0.4 is 20.1 Å². The molecule has 164 valence electrons. The molecule has 1 aliphatic rings. The summed E-state index contributed by atoms with van der Waals surface area (Å²) in [5, 5.41) is 6.47. The molecule has 0 spiro atoms. The van der Waals surface area contributed by atoms with E-state index in [0.29, 0.717) is 41.7 Å². The van der Waals surface area contributed by atoms with Crippen LogP contribution in [0.5, 0.6) is 11.5 Å². The Labute approximate surface area is 193 Å². The zero-order valence-corrected chi connectivity index (χ0v) is 18.3. The quantitative estimate of drug-likeness (QED) is 0.364. The Hall–Kier alpha value is -4.25. The summed E-state index contributed by atoms with van der Waals surface area (Å²) in [6.45, 7) is 2.86. The minimum Gasteiger partial charge on any atom is -0.489 e. The third-order valence-corrected chi connectivity index (χ3v) is 5.56. The normalized spacial score (nSPS) is 12.0. The first kappa shape index (κ1) is 20.6. The molecule has 0 atom stereocenters. The Balaban J connectivity index is 1.42. The van der Waals surface area contributed by atoms with E-state index in [1.54, 1.807) is 6.07 Å². The van der Waals surface area contributed by atoms with Crippen LogP contribution in [0.1, 0.15) is 27.0 Å². The second kappa shape index (κ2) is 9.09. The molecule has 0 aromatic heterocycles. The molecule has 5 rings (SSSR count). The highest BCUT2D eigenvalue weighted by molar-refractivity contribution is 6.13. The van der Waals surface area contributed by atoms with Crippen LogP contribution in [0.2, 0.25) is 0 Å². The Morgan fingerprint density at radius 3 is 2.06 bits per heavy atom. The molecule has 0 aliphatic carbocycles. The third kappa shape index (κ3) is 4.53. The highest BCUT2D eigenvalue weighted by Crippen LogP contribution is 2.41. The summed E-state index contributed by atoms with van der Waals surface area (Å²) in [5.41, 5.74) is 5.79. The van der Waals surface area contributed by atoms with Crippen LogP contribution >= 0.6 is 0 Å². The van der Waals surface area contributed by atoms with Crippen LogP contribution in [0.15, 0.2) is 91.0 Å². The summed E-state index contributed by atoms with van der Waals surface area (Å²) in [5.74, 6) is 1.13. The van der Waals surface area contributed by atoms with Gasteiger partial charge in [0, 0.05) is 6.07 Å². The van der Waals surface area contributed by atoms with E-state index < -0.39 is 0 Å². The number of hydrogen-bond acceptors (Lipinski definition) is 4. The number of rotatable bonds is 6. The molecule has 0 saturated carbocycles. The first-order chi connectivity index (χ1) is 16.2. The summed E-state index contributed by atoms with van der Waals surface area (Å²) in [7, 11) is 0. The van der Waals surface area contributed by atoms with Gasteiger partial charge in [-0.3, -0.25) is 4.79 Å². The van der Waals surface area contributed by atoms with Crippen LogP contribution in [0.3, 0.4) is 0 Å². The number of benzene rings is 4. The van der Waals surface area contributed by atoms with E-state index >= 15 is 0 Å². The van der Waals surface area contributed by atoms with Crippen molar-refractivity contribution in [2.75, 3.05) is 10.6 Å². The lowest BCUT2D eigenvalue weighted by molar-refractivity contribution is 0.102. The van der Waals surface area contributed by atoms with Crippen LogP contribution in [0, 0.1) is 6.92 Å². The van der Waals surface area contributed by atoms with Gasteiger partial charge in [-0.15, -0.1) is 0 Å². The second-order valence-electron chi connectivity index (χ2n) is 7.97. The zero-order valence-electron chi connectivity index (χ0n) is 18.3. The molecule has 33 heavy (non-hydrogen) atoms. The van der Waals surface area contributed by atoms with E-state index in [0.717, 1.165) is 22.4 Å². The average Bonchev–Trinajstić information content (AvgIpc) is 2.99. The molecule has 2 N–H and O–H groups in total. The van der Waals surface area contributed by atoms with Gasteiger partial charge in [-0.25, -0.2) is 0 Å². The van der Waals surface area contributed by atoms with Gasteiger partial charge in [-0.05, 0) is 41.8 Å². The van der Waals surface area contributed by atoms with Gasteiger partial charge in [0.2, 0.25) is 0 Å². The standard InChI is InChI=1S/C28H24N2O3/c1-19-15-22(32-17-20-9-4-2-5-10-20)16-24-26(19)30-27-23(28(31)29-24)13-8-14-25(27)33-18-21-11-6-3-7-12-21/h2-16,30H,17-18H2,1H3,(H,29,31). The molecule has 0 radical (unpaired) electrons. The lowest BCUT2D eigenvalue weighted by Crippen LogP contribution is -2.11. The van der Waals surface area contributed by atoms with Crippen LogP contribution in [0.4, 0.5) is 17.1 Å². The summed E-state index contributed by atoms with van der Waals surface area (Å²) < 4.78 is 12.1. The van der Waals surface area contributed by atoms with Gasteiger partial charge in [-0.1, -0.05) is 66.7 Å². The molecule has 1 heterocycles. The van der Waals surface area contributed by atoms with E-state index in [9.17, 15) is 4.79 Å². The number of para-hydroxylation sites is 1. The second-order valence-corrected chi connectivity index (χ2v) is 7.97. The zero-order chi connectivity index (χ0) is 22.6. The Bertz CT molecular complexity index is 1290. The van der Waals surface area contributed by atoms with Crippen LogP contribution in [0.25, 0.3) is 0 Å². The van der Waals surface area contributed by atoms with E-state index in [1.807, 2.05) is 91.9 Å². The molecule has 1 amide bonds. The van der Waals surface area contributed by atoms with E-state index in [1.165, 1.54) is 0 Å². The fourth-order valence-electron chi connectivity index (χ4n) is 3.86. The predicted molar refractivity (Wildman–Crippen MR) is 130 cm³/mol. The monoisotopic (exact) mass is 436 g/mol. The fourth-order valence-corrected chi connectivity index (χ4v) is 3.86. The highest BCUT2D eigenvalue weighted by Gasteiger charge is 2.24. The molecule has 1 aliphatic heterocycles. The number of nitrogens with one attached hydrogen (secondary N) is 2. The first-order valence-electron chi connectivity index (χ1n) is 10.9. The van der Waals surface area contributed by atoms with Gasteiger partial charge in [-0.2, -0.15) is 0 Å². The maximum Gasteiger partial charge on any atom is 0.257 e. The molecular weight excluding hydrogens is 412 g/mol. The van der Waals surface area contributed by atoms with Gasteiger partial charge in [0.05, 0.1) is 22.6 Å². The first-order valence-corrected chi connectivity index (χ1v) is 10.9. The minimum atomic E-state index is -0.193. The van der Waals surface area contributed by atoms with E-state index in [2.05, 4.69) is 10.6 Å². The van der Waals surface area contributed by atoms with Gasteiger partial charge in [0.15, 0.2) is 0 Å². The van der Waals surface area contributed by atoms with Crippen molar-refractivity contribution in [2.24, 2.45) is 0 Å². The lowest BCUT2D eigenvalue weighted by atomic mass is 10.1. The van der Waals surface area contributed by atoms with Crippen LogP contribution in [-0.4, -0.2) is 5.91 Å². The summed E-state index contributed by atoms with van der Waals surface area (Å²) in [6.07, 6.45) is 0. The Kier molecular flexibility index (Phi) is 5.68. The van der Waals surface area contributed by atoms with Crippen molar-refractivity contribution >= 4 is 23.0 Å². The van der Waals surface area contributed by atoms with Gasteiger partial charge in [0.1, 0.15) is 24.7 Å². The Morgan fingerprint density at radius 1 is 0.697 bits per heavy atom. The molecule has 5 heteroatoms. The molecule has 0 unspecified atom stereocenters. The number of hydrogen-bond donors (Lipinski definition) is 2. The van der Waals surface area contributed by atoms with Crippen molar-refractivity contribution in [1.29, 1.82) is 0 Å². The van der Waals surface area contributed by atoms with Crippen molar-refractivity contribution < 1.29 is 14.3 Å². The largest absolute Gasteiger partial charge is 0.489 e.